The second kappa shape index (κ2) is 5.24. The van der Waals surface area contributed by atoms with Crippen molar-refractivity contribution in [3.63, 3.8) is 0 Å². The molecular weight excluding hydrogens is 188 g/mol. The summed E-state index contributed by atoms with van der Waals surface area (Å²) in [5.41, 5.74) is 1.21. The fourth-order valence-electron chi connectivity index (χ4n) is 2.11. The molecule has 1 heterocycles. The monoisotopic (exact) mass is 206 g/mol. The van der Waals surface area contributed by atoms with Crippen molar-refractivity contribution < 1.29 is 5.11 Å². The predicted molar refractivity (Wildman–Crippen MR) is 59.3 cm³/mol. The van der Waals surface area contributed by atoms with Gasteiger partial charge in [0.15, 0.2) is 0 Å². The summed E-state index contributed by atoms with van der Waals surface area (Å²) < 4.78 is 0. The molecule has 0 bridgehead atoms. The molecule has 3 nitrogen and oxygen atoms in total. The van der Waals surface area contributed by atoms with Gasteiger partial charge in [0.25, 0.3) is 0 Å². The Labute approximate surface area is 90.5 Å². The summed E-state index contributed by atoms with van der Waals surface area (Å²) in [7, 11) is 0. The number of nitrogens with one attached hydrogen (secondary N) is 1. The molecule has 0 amide bonds. The highest BCUT2D eigenvalue weighted by molar-refractivity contribution is 5.08. The third kappa shape index (κ3) is 3.29. The van der Waals surface area contributed by atoms with E-state index in [0.29, 0.717) is 6.04 Å². The Morgan fingerprint density at radius 3 is 3.13 bits per heavy atom. The standard InChI is InChI=1S/C12H18N2O/c15-12-5-1-4-11(7-12)14-9-10-3-2-6-13-8-10/h2-3,6,8,11-12,14-15H,1,4-5,7,9H2. The Morgan fingerprint density at radius 2 is 2.40 bits per heavy atom. The molecule has 3 heteroatoms. The maximum atomic E-state index is 9.52. The average molecular weight is 206 g/mol. The summed E-state index contributed by atoms with van der Waals surface area (Å²) in [4.78, 5) is 4.07. The number of aliphatic hydroxyl groups is 1. The van der Waals surface area contributed by atoms with Gasteiger partial charge in [0.05, 0.1) is 6.10 Å². The van der Waals surface area contributed by atoms with Crippen LogP contribution in [0.25, 0.3) is 0 Å². The quantitative estimate of drug-likeness (QED) is 0.787. The van der Waals surface area contributed by atoms with Gasteiger partial charge in [0, 0.05) is 25.0 Å². The third-order valence-electron chi connectivity index (χ3n) is 2.96. The van der Waals surface area contributed by atoms with E-state index < -0.39 is 0 Å². The van der Waals surface area contributed by atoms with Crippen LogP contribution in [-0.2, 0) is 6.54 Å². The number of pyridine rings is 1. The molecule has 2 N–H and O–H groups in total. The largest absolute Gasteiger partial charge is 0.393 e. The minimum absolute atomic E-state index is 0.106. The van der Waals surface area contributed by atoms with Gasteiger partial charge in [-0.2, -0.15) is 0 Å². The van der Waals surface area contributed by atoms with E-state index in [-0.39, 0.29) is 6.10 Å². The maximum absolute atomic E-state index is 9.52. The summed E-state index contributed by atoms with van der Waals surface area (Å²) >= 11 is 0. The Bertz CT molecular complexity index is 289. The fraction of sp³-hybridized carbons (Fsp3) is 0.583. The van der Waals surface area contributed by atoms with Gasteiger partial charge in [-0.15, -0.1) is 0 Å². The van der Waals surface area contributed by atoms with Gasteiger partial charge in [-0.3, -0.25) is 4.98 Å². The van der Waals surface area contributed by atoms with E-state index >= 15 is 0 Å². The average Bonchev–Trinajstić information content (AvgIpc) is 2.28. The van der Waals surface area contributed by atoms with Crippen LogP contribution < -0.4 is 5.32 Å². The van der Waals surface area contributed by atoms with E-state index in [1.54, 1.807) is 6.20 Å². The van der Waals surface area contributed by atoms with E-state index in [9.17, 15) is 5.11 Å². The van der Waals surface area contributed by atoms with Crippen LogP contribution in [0.4, 0.5) is 0 Å². The number of hydrogen-bond acceptors (Lipinski definition) is 3. The van der Waals surface area contributed by atoms with Crippen LogP contribution in [0.15, 0.2) is 24.5 Å². The first kappa shape index (κ1) is 10.6. The zero-order valence-electron chi connectivity index (χ0n) is 8.89. The molecule has 1 aliphatic rings. The fourth-order valence-corrected chi connectivity index (χ4v) is 2.11. The molecule has 2 atom stereocenters. The topological polar surface area (TPSA) is 45.1 Å². The van der Waals surface area contributed by atoms with Crippen molar-refractivity contribution in [2.75, 3.05) is 0 Å². The van der Waals surface area contributed by atoms with Crippen LogP contribution in [-0.4, -0.2) is 22.2 Å². The van der Waals surface area contributed by atoms with E-state index in [2.05, 4.69) is 16.4 Å². The first-order chi connectivity index (χ1) is 7.34. The summed E-state index contributed by atoms with van der Waals surface area (Å²) in [5.74, 6) is 0. The zero-order chi connectivity index (χ0) is 10.5. The lowest BCUT2D eigenvalue weighted by molar-refractivity contribution is 0.111. The molecule has 1 aliphatic carbocycles. The van der Waals surface area contributed by atoms with Crippen molar-refractivity contribution in [3.05, 3.63) is 30.1 Å². The molecule has 0 aromatic carbocycles. The molecule has 1 aromatic heterocycles. The minimum atomic E-state index is -0.106. The van der Waals surface area contributed by atoms with Crippen molar-refractivity contribution in [2.45, 2.75) is 44.4 Å². The summed E-state index contributed by atoms with van der Waals surface area (Å²) in [5, 5.41) is 13.0. The second-order valence-corrected chi connectivity index (χ2v) is 4.26. The van der Waals surface area contributed by atoms with E-state index in [1.807, 2.05) is 12.3 Å². The summed E-state index contributed by atoms with van der Waals surface area (Å²) in [6.07, 6.45) is 7.72. The van der Waals surface area contributed by atoms with Crippen LogP contribution in [0.3, 0.4) is 0 Å². The molecule has 82 valence electrons. The molecule has 1 saturated carbocycles. The molecule has 0 spiro atoms. The molecular formula is C12H18N2O. The first-order valence-electron chi connectivity index (χ1n) is 5.65. The second-order valence-electron chi connectivity index (χ2n) is 4.26. The van der Waals surface area contributed by atoms with Gasteiger partial charge >= 0.3 is 0 Å². The molecule has 0 radical (unpaired) electrons. The molecule has 2 rings (SSSR count). The highest BCUT2D eigenvalue weighted by Crippen LogP contribution is 2.18. The Morgan fingerprint density at radius 1 is 1.47 bits per heavy atom. The van der Waals surface area contributed by atoms with Crippen LogP contribution in [0.2, 0.25) is 0 Å². The van der Waals surface area contributed by atoms with Crippen molar-refractivity contribution >= 4 is 0 Å². The third-order valence-corrected chi connectivity index (χ3v) is 2.96. The number of aliphatic hydroxyl groups excluding tert-OH is 1. The van der Waals surface area contributed by atoms with Gasteiger partial charge in [-0.1, -0.05) is 6.07 Å². The Balaban J connectivity index is 1.78. The molecule has 0 aliphatic heterocycles. The van der Waals surface area contributed by atoms with Gasteiger partial charge in [-0.25, -0.2) is 0 Å². The Hall–Kier alpha value is -0.930. The Kier molecular flexibility index (Phi) is 3.69. The van der Waals surface area contributed by atoms with E-state index in [0.717, 1.165) is 25.8 Å². The minimum Gasteiger partial charge on any atom is -0.393 e. The van der Waals surface area contributed by atoms with Crippen LogP contribution in [0.1, 0.15) is 31.2 Å². The zero-order valence-corrected chi connectivity index (χ0v) is 8.89. The van der Waals surface area contributed by atoms with E-state index in [4.69, 9.17) is 0 Å². The van der Waals surface area contributed by atoms with Crippen molar-refractivity contribution in [1.29, 1.82) is 0 Å². The number of nitrogens with zero attached hydrogens (tertiary/aromatic N) is 1. The lowest BCUT2D eigenvalue weighted by Crippen LogP contribution is -2.35. The van der Waals surface area contributed by atoms with Crippen molar-refractivity contribution in [3.8, 4) is 0 Å². The highest BCUT2D eigenvalue weighted by Gasteiger charge is 2.19. The molecule has 0 saturated heterocycles. The molecule has 1 fully saturated rings. The first-order valence-corrected chi connectivity index (χ1v) is 5.65. The van der Waals surface area contributed by atoms with Crippen LogP contribution in [0.5, 0.6) is 0 Å². The van der Waals surface area contributed by atoms with Gasteiger partial charge < -0.3 is 10.4 Å². The van der Waals surface area contributed by atoms with E-state index in [1.165, 1.54) is 12.0 Å². The highest BCUT2D eigenvalue weighted by atomic mass is 16.3. The number of hydrogen-bond donors (Lipinski definition) is 2. The van der Waals surface area contributed by atoms with Crippen LogP contribution in [0, 0.1) is 0 Å². The lowest BCUT2D eigenvalue weighted by atomic mass is 9.93. The van der Waals surface area contributed by atoms with Crippen molar-refractivity contribution in [1.82, 2.24) is 10.3 Å². The smallest absolute Gasteiger partial charge is 0.0555 e. The normalized spacial score (nSPS) is 26.5. The number of aromatic nitrogens is 1. The lowest BCUT2D eigenvalue weighted by Gasteiger charge is -2.26. The van der Waals surface area contributed by atoms with Crippen molar-refractivity contribution in [2.24, 2.45) is 0 Å². The summed E-state index contributed by atoms with van der Waals surface area (Å²) in [6, 6.07) is 4.49. The molecule has 15 heavy (non-hydrogen) atoms. The predicted octanol–water partition coefficient (Wildman–Crippen LogP) is 1.47. The van der Waals surface area contributed by atoms with Gasteiger partial charge in [0.2, 0.25) is 0 Å². The molecule has 2 unspecified atom stereocenters. The molecule has 1 aromatic rings. The SMILES string of the molecule is OC1CCCC(NCc2cccnc2)C1. The van der Waals surface area contributed by atoms with Crippen LogP contribution >= 0.6 is 0 Å². The van der Waals surface area contributed by atoms with Gasteiger partial charge in [-0.05, 0) is 37.3 Å². The van der Waals surface area contributed by atoms with Gasteiger partial charge in [0.1, 0.15) is 0 Å². The number of rotatable bonds is 3. The summed E-state index contributed by atoms with van der Waals surface area (Å²) in [6.45, 7) is 0.852. The maximum Gasteiger partial charge on any atom is 0.0555 e.